The molecule has 4 aliphatic rings. The number of unbranched alkanes of at least 4 members (excludes halogenated alkanes) is 1. The number of rotatable bonds is 7. The van der Waals surface area contributed by atoms with Crippen molar-refractivity contribution in [2.24, 2.45) is 5.41 Å². The summed E-state index contributed by atoms with van der Waals surface area (Å²) in [6.07, 6.45) is 6.63. The zero-order valence-corrected chi connectivity index (χ0v) is 22.8. The van der Waals surface area contributed by atoms with Gasteiger partial charge in [0.2, 0.25) is 5.91 Å². The molecule has 0 aromatic rings. The molecular weight excluding hydrogens is 438 g/mol. The van der Waals surface area contributed by atoms with Gasteiger partial charge in [0, 0.05) is 74.2 Å². The molecule has 0 unspecified atom stereocenters. The van der Waals surface area contributed by atoms with E-state index in [1.807, 2.05) is 4.90 Å². The molecular formula is C28H47N5O2. The average molecular weight is 486 g/mol. The summed E-state index contributed by atoms with van der Waals surface area (Å²) >= 11 is 0. The third-order valence-electron chi connectivity index (χ3n) is 8.20. The fraction of sp³-hybridized carbons (Fsp3) is 0.750. The van der Waals surface area contributed by atoms with Crippen molar-refractivity contribution in [2.75, 3.05) is 52.5 Å². The van der Waals surface area contributed by atoms with Crippen LogP contribution in [0.3, 0.4) is 0 Å². The molecule has 0 bridgehead atoms. The second-order valence-electron chi connectivity index (χ2n) is 11.8. The minimum absolute atomic E-state index is 0.0733. The van der Waals surface area contributed by atoms with Crippen LogP contribution >= 0.6 is 0 Å². The van der Waals surface area contributed by atoms with E-state index in [2.05, 4.69) is 80.4 Å². The predicted octanol–water partition coefficient (Wildman–Crippen LogP) is 3.02. The summed E-state index contributed by atoms with van der Waals surface area (Å²) in [7, 11) is 0. The van der Waals surface area contributed by atoms with E-state index < -0.39 is 0 Å². The summed E-state index contributed by atoms with van der Waals surface area (Å²) in [5, 5.41) is 3.65. The van der Waals surface area contributed by atoms with E-state index in [-0.39, 0.29) is 11.3 Å². The second-order valence-corrected chi connectivity index (χ2v) is 11.8. The first-order valence-electron chi connectivity index (χ1n) is 13.6. The molecule has 0 aromatic carbocycles. The number of hydrogen-bond donors (Lipinski definition) is 1. The molecule has 0 radical (unpaired) electrons. The van der Waals surface area contributed by atoms with Gasteiger partial charge in [-0.25, -0.2) is 0 Å². The zero-order valence-electron chi connectivity index (χ0n) is 22.8. The summed E-state index contributed by atoms with van der Waals surface area (Å²) in [5.74, 6) is 0.206. The van der Waals surface area contributed by atoms with Gasteiger partial charge in [-0.2, -0.15) is 0 Å². The molecule has 4 atom stereocenters. The van der Waals surface area contributed by atoms with Crippen LogP contribution < -0.4 is 5.32 Å². The molecule has 4 aliphatic heterocycles. The zero-order chi connectivity index (χ0) is 25.3. The number of carbonyl (C=O) groups excluding carboxylic acids is 1. The number of nitrogens with one attached hydrogen (secondary N) is 1. The van der Waals surface area contributed by atoms with Crippen molar-refractivity contribution in [3.63, 3.8) is 0 Å². The van der Waals surface area contributed by atoms with Crippen molar-refractivity contribution in [1.29, 1.82) is 0 Å². The van der Waals surface area contributed by atoms with Gasteiger partial charge in [0.05, 0.1) is 25.5 Å². The van der Waals surface area contributed by atoms with Crippen LogP contribution in [-0.4, -0.2) is 102 Å². The Hall–Kier alpha value is -1.67. The number of amides is 1. The fourth-order valence-electron chi connectivity index (χ4n) is 6.01. The quantitative estimate of drug-likeness (QED) is 0.598. The Morgan fingerprint density at radius 3 is 2.63 bits per heavy atom. The number of fused-ring (bicyclic) bond motifs is 1. The van der Waals surface area contributed by atoms with E-state index in [0.717, 1.165) is 70.2 Å². The maximum atomic E-state index is 13.9. The Balaban J connectivity index is 1.50. The highest BCUT2D eigenvalue weighted by atomic mass is 16.5. The number of carbonyl (C=O) groups is 1. The van der Waals surface area contributed by atoms with Crippen molar-refractivity contribution in [2.45, 2.75) is 78.6 Å². The molecule has 35 heavy (non-hydrogen) atoms. The Morgan fingerprint density at radius 2 is 1.94 bits per heavy atom. The van der Waals surface area contributed by atoms with Crippen LogP contribution in [0.4, 0.5) is 0 Å². The van der Waals surface area contributed by atoms with Crippen LogP contribution in [0.2, 0.25) is 0 Å². The highest BCUT2D eigenvalue weighted by Gasteiger charge is 2.43. The highest BCUT2D eigenvalue weighted by Crippen LogP contribution is 2.45. The lowest BCUT2D eigenvalue weighted by atomic mass is 9.85. The standard InChI is InChI=1S/C28H47N5O2/c1-8-9-10-30-15-26-25(11-21(30)3)28(6,7)19-33(26)27(34)16-31-13-20(2)29-12-24(31)14-32-22(4)17-35-18-23(32)5/h11,15,20,22-24,29H,3,8-10,12-14,16-19H2,1-2,4-7H3/t20-,22-,23-,24-/m1/s1. The molecule has 0 spiro atoms. The van der Waals surface area contributed by atoms with Crippen molar-refractivity contribution in [1.82, 2.24) is 24.9 Å². The lowest BCUT2D eigenvalue weighted by molar-refractivity contribution is -0.131. The van der Waals surface area contributed by atoms with Gasteiger partial charge >= 0.3 is 0 Å². The van der Waals surface area contributed by atoms with Gasteiger partial charge in [-0.3, -0.25) is 14.6 Å². The SMILES string of the molecule is C=C1C=C2C(=CN1CCCC)N(C(=O)CN1C[C@@H](C)NC[C@@H]1CN1[C@H](C)COC[C@H]1C)CC2(C)C. The number of ether oxygens (including phenoxy) is 1. The van der Waals surface area contributed by atoms with Gasteiger partial charge in [0.1, 0.15) is 0 Å². The van der Waals surface area contributed by atoms with Crippen molar-refractivity contribution >= 4 is 5.91 Å². The first-order valence-corrected chi connectivity index (χ1v) is 13.6. The van der Waals surface area contributed by atoms with E-state index in [4.69, 9.17) is 4.74 Å². The summed E-state index contributed by atoms with van der Waals surface area (Å²) < 4.78 is 5.75. The lowest BCUT2D eigenvalue weighted by Crippen LogP contribution is -2.63. The van der Waals surface area contributed by atoms with E-state index in [9.17, 15) is 4.79 Å². The van der Waals surface area contributed by atoms with Crippen LogP contribution in [0.5, 0.6) is 0 Å². The van der Waals surface area contributed by atoms with Gasteiger partial charge in [-0.05, 0) is 38.8 Å². The van der Waals surface area contributed by atoms with Gasteiger partial charge < -0.3 is 19.9 Å². The largest absolute Gasteiger partial charge is 0.378 e. The summed E-state index contributed by atoms with van der Waals surface area (Å²) in [5.41, 5.74) is 3.27. The molecule has 0 aliphatic carbocycles. The van der Waals surface area contributed by atoms with E-state index >= 15 is 0 Å². The Bertz CT molecular complexity index is 855. The summed E-state index contributed by atoms with van der Waals surface area (Å²) in [6, 6.07) is 1.49. The van der Waals surface area contributed by atoms with Crippen molar-refractivity contribution < 1.29 is 9.53 Å². The molecule has 7 heteroatoms. The molecule has 1 amide bonds. The summed E-state index contributed by atoms with van der Waals surface area (Å²) in [6.45, 7) is 24.2. The smallest absolute Gasteiger partial charge is 0.241 e. The van der Waals surface area contributed by atoms with E-state index in [1.165, 1.54) is 5.57 Å². The van der Waals surface area contributed by atoms with Gasteiger partial charge in [-0.1, -0.05) is 33.8 Å². The minimum Gasteiger partial charge on any atom is -0.378 e. The number of piperazine rings is 1. The van der Waals surface area contributed by atoms with E-state index in [1.54, 1.807) is 0 Å². The fourth-order valence-corrected chi connectivity index (χ4v) is 6.01. The Kier molecular flexibility index (Phi) is 8.11. The molecule has 4 heterocycles. The van der Waals surface area contributed by atoms with Gasteiger partial charge in [0.25, 0.3) is 0 Å². The van der Waals surface area contributed by atoms with Crippen molar-refractivity contribution in [3.05, 3.63) is 35.8 Å². The lowest BCUT2D eigenvalue weighted by Gasteiger charge is -2.46. The maximum Gasteiger partial charge on any atom is 0.241 e. The minimum atomic E-state index is -0.0733. The topological polar surface area (TPSA) is 51.3 Å². The van der Waals surface area contributed by atoms with Crippen LogP contribution in [0, 0.1) is 5.41 Å². The third-order valence-corrected chi connectivity index (χ3v) is 8.20. The molecule has 0 aromatic heterocycles. The number of hydrogen-bond acceptors (Lipinski definition) is 6. The Morgan fingerprint density at radius 1 is 1.23 bits per heavy atom. The number of nitrogens with zero attached hydrogens (tertiary/aromatic N) is 4. The third kappa shape index (κ3) is 5.68. The maximum absolute atomic E-state index is 13.9. The van der Waals surface area contributed by atoms with Crippen LogP contribution in [0.25, 0.3) is 0 Å². The van der Waals surface area contributed by atoms with Crippen LogP contribution in [0.1, 0.15) is 54.4 Å². The number of likely N-dealkylation sites (tertiary alicyclic amines) is 1. The van der Waals surface area contributed by atoms with Gasteiger partial charge in [-0.15, -0.1) is 0 Å². The van der Waals surface area contributed by atoms with Crippen LogP contribution in [0.15, 0.2) is 35.8 Å². The van der Waals surface area contributed by atoms with Crippen molar-refractivity contribution in [3.8, 4) is 0 Å². The molecule has 0 saturated carbocycles. The molecule has 7 nitrogen and oxygen atoms in total. The Labute approximate surface area is 212 Å². The molecule has 4 rings (SSSR count). The van der Waals surface area contributed by atoms with Crippen LogP contribution in [-0.2, 0) is 9.53 Å². The monoisotopic (exact) mass is 485 g/mol. The average Bonchev–Trinajstić information content (AvgIpc) is 3.06. The molecule has 1 N–H and O–H groups in total. The highest BCUT2D eigenvalue weighted by molar-refractivity contribution is 5.82. The molecule has 196 valence electrons. The number of morpholine rings is 1. The second kappa shape index (κ2) is 10.8. The molecule has 3 saturated heterocycles. The predicted molar refractivity (Wildman–Crippen MR) is 142 cm³/mol. The summed E-state index contributed by atoms with van der Waals surface area (Å²) in [4.78, 5) is 23.1. The van der Waals surface area contributed by atoms with E-state index in [0.29, 0.717) is 30.7 Å². The van der Waals surface area contributed by atoms with Gasteiger partial charge in [0.15, 0.2) is 0 Å². The molecule has 3 fully saturated rings. The first-order chi connectivity index (χ1) is 16.6. The normalized spacial score (nSPS) is 31.9. The number of allylic oxidation sites excluding steroid dienone is 2. The first kappa shape index (κ1) is 26.4.